The normalized spacial score (nSPS) is 17.7. The molecule has 1 aliphatic rings. The highest BCUT2D eigenvalue weighted by Crippen LogP contribution is 2.16. The molecule has 22 heavy (non-hydrogen) atoms. The minimum atomic E-state index is -0.548. The van der Waals surface area contributed by atoms with Crippen molar-refractivity contribution in [1.29, 1.82) is 0 Å². The monoisotopic (exact) mass is 298 g/mol. The Labute approximate surface area is 129 Å². The maximum absolute atomic E-state index is 11.9. The Morgan fingerprint density at radius 2 is 1.91 bits per heavy atom. The van der Waals surface area contributed by atoms with Gasteiger partial charge in [-0.1, -0.05) is 24.3 Å². The fourth-order valence-electron chi connectivity index (χ4n) is 2.09. The summed E-state index contributed by atoms with van der Waals surface area (Å²) in [5, 5.41) is 0. The first-order chi connectivity index (χ1) is 10.4. The standard InChI is InChI=1S/C17H18N2O3/c1-18(2)13-8-4-6-12(10-13)7-5-9-14-15(20)11-16(21)19(3)17(14)22/h4-10H,11H2,1-3H3/b7-5+,14-9+. The molecule has 114 valence electrons. The number of rotatable bonds is 3. The first-order valence-electron chi connectivity index (χ1n) is 6.90. The summed E-state index contributed by atoms with van der Waals surface area (Å²) in [7, 11) is 5.29. The molecule has 0 radical (unpaired) electrons. The van der Waals surface area contributed by atoms with Crippen molar-refractivity contribution in [3.8, 4) is 0 Å². The Bertz CT molecular complexity index is 687. The molecule has 0 N–H and O–H groups in total. The molecule has 5 heteroatoms. The number of carbonyl (C=O) groups excluding carboxylic acids is 3. The van der Waals surface area contributed by atoms with Gasteiger partial charge in [-0.2, -0.15) is 0 Å². The highest BCUT2D eigenvalue weighted by molar-refractivity contribution is 6.30. The molecule has 1 fully saturated rings. The summed E-state index contributed by atoms with van der Waals surface area (Å²) >= 11 is 0. The average molecular weight is 298 g/mol. The van der Waals surface area contributed by atoms with E-state index in [1.54, 1.807) is 6.08 Å². The smallest absolute Gasteiger partial charge is 0.263 e. The predicted molar refractivity (Wildman–Crippen MR) is 85.3 cm³/mol. The van der Waals surface area contributed by atoms with E-state index in [4.69, 9.17) is 0 Å². The van der Waals surface area contributed by atoms with Crippen LogP contribution in [-0.4, -0.2) is 43.6 Å². The fourth-order valence-corrected chi connectivity index (χ4v) is 2.09. The number of allylic oxidation sites excluding steroid dienone is 2. The number of benzene rings is 1. The van der Waals surface area contributed by atoms with Gasteiger partial charge in [0.15, 0.2) is 5.78 Å². The maximum Gasteiger partial charge on any atom is 0.263 e. The van der Waals surface area contributed by atoms with E-state index in [0.29, 0.717) is 0 Å². The fraction of sp³-hybridized carbons (Fsp3) is 0.235. The lowest BCUT2D eigenvalue weighted by Crippen LogP contribution is -2.42. The van der Waals surface area contributed by atoms with Crippen LogP contribution in [0, 0.1) is 0 Å². The Morgan fingerprint density at radius 1 is 1.18 bits per heavy atom. The summed E-state index contributed by atoms with van der Waals surface area (Å²) < 4.78 is 0. The number of likely N-dealkylation sites (tertiary alicyclic amines) is 1. The number of carbonyl (C=O) groups is 3. The van der Waals surface area contributed by atoms with Gasteiger partial charge < -0.3 is 4.90 Å². The summed E-state index contributed by atoms with van der Waals surface area (Å²) in [5.41, 5.74) is 2.07. The topological polar surface area (TPSA) is 57.7 Å². The number of piperidine rings is 1. The highest BCUT2D eigenvalue weighted by atomic mass is 16.2. The van der Waals surface area contributed by atoms with Crippen molar-refractivity contribution < 1.29 is 14.4 Å². The van der Waals surface area contributed by atoms with Crippen LogP contribution < -0.4 is 4.90 Å². The zero-order valence-electron chi connectivity index (χ0n) is 12.9. The van der Waals surface area contributed by atoms with Crippen LogP contribution in [0.5, 0.6) is 0 Å². The number of likely N-dealkylation sites (N-methyl/N-ethyl adjacent to an activating group) is 1. The minimum absolute atomic E-state index is 0.0436. The first-order valence-corrected chi connectivity index (χ1v) is 6.90. The Kier molecular flexibility index (Phi) is 4.56. The second-order valence-electron chi connectivity index (χ2n) is 5.29. The molecule has 5 nitrogen and oxygen atoms in total. The summed E-state index contributed by atoms with van der Waals surface area (Å²) in [6.07, 6.45) is 4.69. The van der Waals surface area contributed by atoms with E-state index in [0.717, 1.165) is 16.2 Å². The zero-order valence-corrected chi connectivity index (χ0v) is 12.9. The van der Waals surface area contributed by atoms with Crippen molar-refractivity contribution in [2.45, 2.75) is 6.42 Å². The molecular weight excluding hydrogens is 280 g/mol. The first kappa shape index (κ1) is 15.7. The number of amides is 2. The van der Waals surface area contributed by atoms with Crippen molar-refractivity contribution in [2.75, 3.05) is 26.0 Å². The molecule has 0 aromatic heterocycles. The van der Waals surface area contributed by atoms with Crippen molar-refractivity contribution in [1.82, 2.24) is 4.90 Å². The SMILES string of the molecule is CN1C(=O)CC(=O)/C(=C\C=C\c2cccc(N(C)C)c2)C1=O. The van der Waals surface area contributed by atoms with Crippen molar-refractivity contribution >= 4 is 29.4 Å². The number of hydrogen-bond acceptors (Lipinski definition) is 4. The van der Waals surface area contributed by atoms with Crippen LogP contribution in [0.1, 0.15) is 12.0 Å². The van der Waals surface area contributed by atoms with Crippen molar-refractivity contribution in [3.05, 3.63) is 47.6 Å². The second kappa shape index (κ2) is 6.39. The molecule has 0 aliphatic carbocycles. The predicted octanol–water partition coefficient (Wildman–Crippen LogP) is 1.65. The molecule has 1 saturated heterocycles. The Balaban J connectivity index is 2.20. The third kappa shape index (κ3) is 3.31. The van der Waals surface area contributed by atoms with Crippen LogP contribution in [-0.2, 0) is 14.4 Å². The highest BCUT2D eigenvalue weighted by Gasteiger charge is 2.32. The van der Waals surface area contributed by atoms with E-state index < -0.39 is 17.6 Å². The molecule has 1 aliphatic heterocycles. The molecule has 0 saturated carbocycles. The van der Waals surface area contributed by atoms with Gasteiger partial charge in [0.05, 0.1) is 12.0 Å². The number of nitrogens with zero attached hydrogens (tertiary/aromatic N) is 2. The Morgan fingerprint density at radius 3 is 2.59 bits per heavy atom. The van der Waals surface area contributed by atoms with Gasteiger partial charge in [0.1, 0.15) is 0 Å². The molecule has 0 atom stereocenters. The summed E-state index contributed by atoms with van der Waals surface area (Å²) in [5.74, 6) is -1.44. The van der Waals surface area contributed by atoms with Crippen LogP contribution in [0.25, 0.3) is 6.08 Å². The van der Waals surface area contributed by atoms with Crippen molar-refractivity contribution in [2.24, 2.45) is 0 Å². The molecule has 1 heterocycles. The van der Waals surface area contributed by atoms with Crippen LogP contribution in [0.2, 0.25) is 0 Å². The van der Waals surface area contributed by atoms with E-state index in [2.05, 4.69) is 0 Å². The van der Waals surface area contributed by atoms with Crippen LogP contribution in [0.15, 0.2) is 42.0 Å². The zero-order chi connectivity index (χ0) is 16.3. The van der Waals surface area contributed by atoms with Crippen LogP contribution >= 0.6 is 0 Å². The molecular formula is C17H18N2O3. The molecule has 0 spiro atoms. The lowest BCUT2D eigenvalue weighted by Gasteiger charge is -2.21. The average Bonchev–Trinajstić information content (AvgIpc) is 2.49. The second-order valence-corrected chi connectivity index (χ2v) is 5.29. The van der Waals surface area contributed by atoms with Gasteiger partial charge in [-0.25, -0.2) is 0 Å². The molecule has 1 aromatic carbocycles. The lowest BCUT2D eigenvalue weighted by molar-refractivity contribution is -0.145. The van der Waals surface area contributed by atoms with Crippen molar-refractivity contribution in [3.63, 3.8) is 0 Å². The largest absolute Gasteiger partial charge is 0.378 e. The minimum Gasteiger partial charge on any atom is -0.378 e. The van der Waals surface area contributed by atoms with Gasteiger partial charge in [0, 0.05) is 26.8 Å². The number of imide groups is 1. The quantitative estimate of drug-likeness (QED) is 0.368. The third-order valence-corrected chi connectivity index (χ3v) is 3.46. The third-order valence-electron chi connectivity index (χ3n) is 3.46. The molecule has 0 unspecified atom stereocenters. The van der Waals surface area contributed by atoms with Gasteiger partial charge in [-0.05, 0) is 23.8 Å². The Hall–Kier alpha value is -2.69. The molecule has 0 bridgehead atoms. The number of ketones is 1. The van der Waals surface area contributed by atoms with Gasteiger partial charge >= 0.3 is 0 Å². The van der Waals surface area contributed by atoms with Crippen LogP contribution in [0.3, 0.4) is 0 Å². The van der Waals surface area contributed by atoms with Gasteiger partial charge in [-0.3, -0.25) is 19.3 Å². The van der Waals surface area contributed by atoms with E-state index in [-0.39, 0.29) is 12.0 Å². The maximum atomic E-state index is 11.9. The number of hydrogen-bond donors (Lipinski definition) is 0. The molecule has 2 amide bonds. The number of Topliss-reactive ketones (excluding diaryl/α,β-unsaturated/α-hetero) is 1. The molecule has 2 rings (SSSR count). The number of anilines is 1. The summed E-state index contributed by atoms with van der Waals surface area (Å²) in [4.78, 5) is 38.0. The summed E-state index contributed by atoms with van der Waals surface area (Å²) in [6.45, 7) is 0. The van der Waals surface area contributed by atoms with Gasteiger partial charge in [0.25, 0.3) is 5.91 Å². The van der Waals surface area contributed by atoms with Crippen LogP contribution in [0.4, 0.5) is 5.69 Å². The van der Waals surface area contributed by atoms with Gasteiger partial charge in [0.2, 0.25) is 5.91 Å². The summed E-state index contributed by atoms with van der Waals surface area (Å²) in [6, 6.07) is 7.85. The van der Waals surface area contributed by atoms with Gasteiger partial charge in [-0.15, -0.1) is 0 Å². The lowest BCUT2D eigenvalue weighted by atomic mass is 10.0. The van der Waals surface area contributed by atoms with E-state index >= 15 is 0 Å². The van der Waals surface area contributed by atoms with E-state index in [1.165, 1.54) is 13.1 Å². The van der Waals surface area contributed by atoms with E-state index in [1.807, 2.05) is 49.3 Å². The van der Waals surface area contributed by atoms with E-state index in [9.17, 15) is 14.4 Å². The molecule has 1 aromatic rings.